The second-order valence-electron chi connectivity index (χ2n) is 5.45. The van der Waals surface area contributed by atoms with Crippen LogP contribution in [-0.4, -0.2) is 11.5 Å². The van der Waals surface area contributed by atoms with Gasteiger partial charge in [0.1, 0.15) is 23.5 Å². The Morgan fingerprint density at radius 2 is 2.09 bits per heavy atom. The third kappa shape index (κ3) is 4.57. The number of carbonyl (C=O) groups is 1. The van der Waals surface area contributed by atoms with Crippen LogP contribution in [0.5, 0.6) is 0 Å². The Labute approximate surface area is 140 Å². The number of benzene rings is 1. The molecule has 118 valence electrons. The van der Waals surface area contributed by atoms with E-state index in [-0.39, 0.29) is 11.8 Å². The Kier molecular flexibility index (Phi) is 5.78. The number of nitrogens with zero attached hydrogens (tertiary/aromatic N) is 1. The topological polar surface area (TPSA) is 67.0 Å². The predicted octanol–water partition coefficient (Wildman–Crippen LogP) is 3.54. The first-order valence-electron chi connectivity index (χ1n) is 7.42. The van der Waals surface area contributed by atoms with Gasteiger partial charge in [0.2, 0.25) is 0 Å². The van der Waals surface area contributed by atoms with E-state index in [4.69, 9.17) is 0 Å². The third-order valence-corrected chi connectivity index (χ3v) is 4.58. The van der Waals surface area contributed by atoms with Crippen LogP contribution in [0.15, 0.2) is 41.4 Å². The largest absolute Gasteiger partial charge is 0.299 e. The molecule has 23 heavy (non-hydrogen) atoms. The van der Waals surface area contributed by atoms with E-state index >= 15 is 0 Å². The number of ketones is 1. The number of carbonyl (C=O) groups excluding carboxylic acids is 1. The summed E-state index contributed by atoms with van der Waals surface area (Å²) in [6, 6.07) is 14.4. The minimum Gasteiger partial charge on any atom is -0.299 e. The van der Waals surface area contributed by atoms with E-state index in [9.17, 15) is 10.1 Å². The number of aromatic amines is 1. The fourth-order valence-electron chi connectivity index (χ4n) is 2.25. The Hall–Kier alpha value is -2.32. The second-order valence-corrected chi connectivity index (χ2v) is 6.43. The molecular formula is C18H20N3OS+. The van der Waals surface area contributed by atoms with Crippen LogP contribution in [0.2, 0.25) is 0 Å². The zero-order valence-corrected chi connectivity index (χ0v) is 14.3. The van der Waals surface area contributed by atoms with E-state index < -0.39 is 0 Å². The van der Waals surface area contributed by atoms with Crippen molar-refractivity contribution in [2.75, 3.05) is 11.1 Å². The highest BCUT2D eigenvalue weighted by Gasteiger charge is 2.17. The molecule has 0 amide bonds. The van der Waals surface area contributed by atoms with Crippen molar-refractivity contribution in [1.82, 2.24) is 0 Å². The third-order valence-electron chi connectivity index (χ3n) is 3.43. The van der Waals surface area contributed by atoms with Crippen molar-refractivity contribution >= 4 is 23.4 Å². The number of Topliss-reactive ketones (excluding diaryl/α,β-unsaturated/α-hetero) is 1. The number of aryl methyl sites for hydroxylation is 1. The van der Waals surface area contributed by atoms with Crippen molar-refractivity contribution < 1.29 is 9.78 Å². The fourth-order valence-corrected chi connectivity index (χ4v) is 3.13. The predicted molar refractivity (Wildman–Crippen MR) is 92.3 cm³/mol. The first kappa shape index (κ1) is 17.0. The van der Waals surface area contributed by atoms with Crippen LogP contribution in [0.3, 0.4) is 0 Å². The number of nitrogens with one attached hydrogen (secondary N) is 2. The average molecular weight is 326 g/mol. The van der Waals surface area contributed by atoms with Gasteiger partial charge in [-0.15, -0.1) is 0 Å². The van der Waals surface area contributed by atoms with Crippen molar-refractivity contribution in [3.05, 3.63) is 53.1 Å². The summed E-state index contributed by atoms with van der Waals surface area (Å²) >= 11 is 1.36. The van der Waals surface area contributed by atoms with E-state index in [1.54, 1.807) is 6.92 Å². The first-order valence-corrected chi connectivity index (χ1v) is 8.40. The summed E-state index contributed by atoms with van der Waals surface area (Å²) in [5.74, 6) is 1.27. The van der Waals surface area contributed by atoms with Gasteiger partial charge < -0.3 is 0 Å². The van der Waals surface area contributed by atoms with Crippen LogP contribution < -0.4 is 10.3 Å². The normalized spacial score (nSPS) is 11.6. The smallest absolute Gasteiger partial charge is 0.273 e. The lowest BCUT2D eigenvalue weighted by molar-refractivity contribution is -0.411. The van der Waals surface area contributed by atoms with Crippen LogP contribution in [0.4, 0.5) is 5.82 Å². The molecule has 0 aliphatic carbocycles. The highest BCUT2D eigenvalue weighted by atomic mass is 32.2. The minimum absolute atomic E-state index is 0.0842. The summed E-state index contributed by atoms with van der Waals surface area (Å²) in [5.41, 5.74) is 2.66. The molecule has 5 heteroatoms. The van der Waals surface area contributed by atoms with E-state index in [1.807, 2.05) is 31.2 Å². The van der Waals surface area contributed by atoms with Crippen molar-refractivity contribution in [3.63, 3.8) is 0 Å². The first-order chi connectivity index (χ1) is 11.0. The molecule has 2 rings (SSSR count). The lowest BCUT2D eigenvalue weighted by Crippen LogP contribution is -2.20. The van der Waals surface area contributed by atoms with Gasteiger partial charge in [-0.05, 0) is 31.9 Å². The second kappa shape index (κ2) is 7.80. The number of nitriles is 1. The maximum Gasteiger partial charge on any atom is 0.273 e. The number of pyridine rings is 1. The van der Waals surface area contributed by atoms with Crippen LogP contribution >= 0.6 is 11.8 Å². The summed E-state index contributed by atoms with van der Waals surface area (Å²) in [7, 11) is 0. The average Bonchev–Trinajstić information content (AvgIpc) is 2.53. The van der Waals surface area contributed by atoms with E-state index in [1.165, 1.54) is 17.3 Å². The number of hydrogen-bond acceptors (Lipinski definition) is 4. The number of hydrogen-bond donors (Lipinski definition) is 1. The molecule has 0 saturated heterocycles. The zero-order valence-electron chi connectivity index (χ0n) is 13.5. The maximum atomic E-state index is 11.2. The molecule has 0 aliphatic heterocycles. The van der Waals surface area contributed by atoms with Crippen molar-refractivity contribution in [2.45, 2.75) is 31.8 Å². The Balaban J connectivity index is 2.25. The van der Waals surface area contributed by atoms with E-state index in [2.05, 4.69) is 35.4 Å². The summed E-state index contributed by atoms with van der Waals surface area (Å²) in [6.07, 6.45) is 0. The highest BCUT2D eigenvalue weighted by Crippen LogP contribution is 2.24. The van der Waals surface area contributed by atoms with Gasteiger partial charge in [0.15, 0.2) is 5.03 Å². The SMILES string of the molecule is CC(=O)CSc1[nH+]c(N[C@H](C)c2ccccc2)cc(C)c1C#N. The molecule has 1 heterocycles. The van der Waals surface area contributed by atoms with Gasteiger partial charge in [0, 0.05) is 6.07 Å². The zero-order chi connectivity index (χ0) is 16.8. The van der Waals surface area contributed by atoms with Crippen LogP contribution in [-0.2, 0) is 4.79 Å². The number of anilines is 1. The van der Waals surface area contributed by atoms with Gasteiger partial charge >= 0.3 is 0 Å². The van der Waals surface area contributed by atoms with Gasteiger partial charge in [-0.1, -0.05) is 42.1 Å². The van der Waals surface area contributed by atoms with Crippen molar-refractivity contribution in [2.24, 2.45) is 0 Å². The molecule has 2 aromatic rings. The molecule has 1 aromatic carbocycles. The molecule has 0 aliphatic rings. The Bertz CT molecular complexity index is 738. The summed E-state index contributed by atoms with van der Waals surface area (Å²) in [6.45, 7) is 5.53. The standard InChI is InChI=1S/C18H19N3OS/c1-12-9-17(20-14(3)15-7-5-4-6-8-15)21-18(16(12)10-19)23-11-13(2)22/h4-9,14H,11H2,1-3H3,(H,20,21)/p+1/t14-/m1/s1. The van der Waals surface area contributed by atoms with Crippen LogP contribution in [0, 0.1) is 18.3 Å². The summed E-state index contributed by atoms with van der Waals surface area (Å²) < 4.78 is 0. The molecule has 0 spiro atoms. The Morgan fingerprint density at radius 1 is 1.39 bits per heavy atom. The van der Waals surface area contributed by atoms with Gasteiger partial charge in [-0.25, -0.2) is 4.98 Å². The number of thioether (sulfide) groups is 1. The van der Waals surface area contributed by atoms with Gasteiger partial charge in [0.05, 0.1) is 5.75 Å². The maximum absolute atomic E-state index is 11.2. The van der Waals surface area contributed by atoms with Gasteiger partial charge in [0.25, 0.3) is 5.82 Å². The van der Waals surface area contributed by atoms with Gasteiger partial charge in [-0.3, -0.25) is 10.1 Å². The molecular weight excluding hydrogens is 306 g/mol. The fraction of sp³-hybridized carbons (Fsp3) is 0.278. The molecule has 0 saturated carbocycles. The molecule has 0 unspecified atom stereocenters. The van der Waals surface area contributed by atoms with Crippen molar-refractivity contribution in [3.8, 4) is 6.07 Å². The van der Waals surface area contributed by atoms with Crippen LogP contribution in [0.1, 0.15) is 36.6 Å². The molecule has 4 nitrogen and oxygen atoms in total. The highest BCUT2D eigenvalue weighted by molar-refractivity contribution is 7.99. The summed E-state index contributed by atoms with van der Waals surface area (Å²) in [5, 5.41) is 13.5. The monoisotopic (exact) mass is 326 g/mol. The quantitative estimate of drug-likeness (QED) is 0.825. The molecule has 1 aromatic heterocycles. The van der Waals surface area contributed by atoms with E-state index in [0.29, 0.717) is 11.3 Å². The molecule has 1 atom stereocenters. The minimum atomic E-state index is 0.0842. The van der Waals surface area contributed by atoms with Gasteiger partial charge in [-0.2, -0.15) is 5.26 Å². The number of H-pyrrole nitrogens is 1. The Morgan fingerprint density at radius 3 is 2.70 bits per heavy atom. The molecule has 0 bridgehead atoms. The van der Waals surface area contributed by atoms with Crippen molar-refractivity contribution in [1.29, 1.82) is 5.26 Å². The number of aromatic nitrogens is 1. The van der Waals surface area contributed by atoms with Crippen LogP contribution in [0.25, 0.3) is 0 Å². The summed E-state index contributed by atoms with van der Waals surface area (Å²) in [4.78, 5) is 14.5. The van der Waals surface area contributed by atoms with E-state index in [0.717, 1.165) is 16.4 Å². The lowest BCUT2D eigenvalue weighted by Gasteiger charge is -2.11. The molecule has 2 N–H and O–H groups in total. The number of rotatable bonds is 6. The molecule has 0 radical (unpaired) electrons. The molecule has 0 fully saturated rings. The lowest BCUT2D eigenvalue weighted by atomic mass is 10.1.